The Bertz CT molecular complexity index is 306. The van der Waals surface area contributed by atoms with Crippen molar-refractivity contribution in [1.29, 1.82) is 0 Å². The minimum atomic E-state index is -0.865. The van der Waals surface area contributed by atoms with E-state index in [2.05, 4.69) is 33.0 Å². The summed E-state index contributed by atoms with van der Waals surface area (Å²) >= 11 is 0. The molecule has 4 nitrogen and oxygen atoms in total. The molecular weight excluding hydrogens is 230 g/mol. The largest absolute Gasteiger partial charge is 0.481 e. The van der Waals surface area contributed by atoms with Crippen LogP contribution >= 0.6 is 0 Å². The van der Waals surface area contributed by atoms with Crippen LogP contribution in [0, 0.1) is 16.7 Å². The van der Waals surface area contributed by atoms with Crippen molar-refractivity contribution in [3.63, 3.8) is 0 Å². The number of carbonyl (C=O) groups is 2. The minimum absolute atomic E-state index is 0.00793. The minimum Gasteiger partial charge on any atom is -0.481 e. The molecule has 0 aromatic carbocycles. The molecule has 0 saturated heterocycles. The molecule has 18 heavy (non-hydrogen) atoms. The molecule has 0 aliphatic rings. The molecule has 0 atom stereocenters. The Balaban J connectivity index is 4.24. The van der Waals surface area contributed by atoms with Crippen LogP contribution in [0.1, 0.15) is 54.4 Å². The van der Waals surface area contributed by atoms with E-state index in [9.17, 15) is 9.59 Å². The number of hydrogen-bond acceptors (Lipinski definition) is 2. The zero-order valence-electron chi connectivity index (χ0n) is 12.5. The first-order chi connectivity index (χ1) is 7.96. The highest BCUT2D eigenvalue weighted by atomic mass is 16.4. The summed E-state index contributed by atoms with van der Waals surface area (Å²) in [5, 5.41) is 11.7. The average Bonchev–Trinajstić information content (AvgIpc) is 2.11. The summed E-state index contributed by atoms with van der Waals surface area (Å²) in [4.78, 5) is 22.5. The maximum absolute atomic E-state index is 11.8. The molecule has 0 aliphatic heterocycles. The van der Waals surface area contributed by atoms with E-state index < -0.39 is 11.4 Å². The van der Waals surface area contributed by atoms with E-state index >= 15 is 0 Å². The second kappa shape index (κ2) is 6.21. The van der Waals surface area contributed by atoms with Crippen LogP contribution in [0.3, 0.4) is 0 Å². The third kappa shape index (κ3) is 6.62. The fourth-order valence-corrected chi connectivity index (χ4v) is 1.50. The SMILES string of the molecule is CC(C)C(C)(C)CNC(=O)CC(C)(C)CC(=O)O. The van der Waals surface area contributed by atoms with Gasteiger partial charge in [0, 0.05) is 13.0 Å². The van der Waals surface area contributed by atoms with Gasteiger partial charge in [-0.2, -0.15) is 0 Å². The van der Waals surface area contributed by atoms with Gasteiger partial charge in [-0.1, -0.05) is 41.5 Å². The third-order valence-corrected chi connectivity index (χ3v) is 3.57. The lowest BCUT2D eigenvalue weighted by atomic mass is 9.81. The van der Waals surface area contributed by atoms with E-state index in [1.54, 1.807) is 13.8 Å². The van der Waals surface area contributed by atoms with Gasteiger partial charge >= 0.3 is 5.97 Å². The monoisotopic (exact) mass is 257 g/mol. The normalized spacial score (nSPS) is 12.6. The van der Waals surface area contributed by atoms with E-state index in [0.717, 1.165) is 0 Å². The lowest BCUT2D eigenvalue weighted by molar-refractivity contribution is -0.139. The van der Waals surface area contributed by atoms with Gasteiger partial charge in [-0.05, 0) is 16.7 Å². The van der Waals surface area contributed by atoms with Crippen molar-refractivity contribution < 1.29 is 14.7 Å². The van der Waals surface area contributed by atoms with Gasteiger partial charge in [0.2, 0.25) is 5.91 Å². The van der Waals surface area contributed by atoms with Crippen LogP contribution in [0.5, 0.6) is 0 Å². The number of carboxylic acid groups (broad SMARTS) is 1. The van der Waals surface area contributed by atoms with E-state index in [0.29, 0.717) is 12.5 Å². The van der Waals surface area contributed by atoms with Gasteiger partial charge in [0.25, 0.3) is 0 Å². The molecule has 0 rings (SSSR count). The maximum atomic E-state index is 11.8. The first-order valence-electron chi connectivity index (χ1n) is 6.45. The first kappa shape index (κ1) is 16.9. The molecule has 0 heterocycles. The van der Waals surface area contributed by atoms with Gasteiger partial charge < -0.3 is 10.4 Å². The van der Waals surface area contributed by atoms with Crippen LogP contribution in [0.2, 0.25) is 0 Å². The van der Waals surface area contributed by atoms with E-state index in [1.165, 1.54) is 0 Å². The standard InChI is InChI=1S/C14H27NO3/c1-10(2)14(5,6)9-15-11(16)7-13(3,4)8-12(17)18/h10H,7-9H2,1-6H3,(H,15,16)(H,17,18). The van der Waals surface area contributed by atoms with E-state index in [-0.39, 0.29) is 24.2 Å². The Hall–Kier alpha value is -1.06. The van der Waals surface area contributed by atoms with Crippen molar-refractivity contribution in [1.82, 2.24) is 5.32 Å². The number of hydrogen-bond donors (Lipinski definition) is 2. The number of rotatable bonds is 7. The third-order valence-electron chi connectivity index (χ3n) is 3.57. The lowest BCUT2D eigenvalue weighted by Crippen LogP contribution is -2.38. The van der Waals surface area contributed by atoms with Crippen LogP contribution in [0.25, 0.3) is 0 Å². The summed E-state index contributed by atoms with van der Waals surface area (Å²) < 4.78 is 0. The van der Waals surface area contributed by atoms with Gasteiger partial charge in [-0.3, -0.25) is 9.59 Å². The molecule has 4 heteroatoms. The molecule has 0 aromatic rings. The van der Waals surface area contributed by atoms with Gasteiger partial charge in [-0.15, -0.1) is 0 Å². The van der Waals surface area contributed by atoms with Crippen LogP contribution in [0.4, 0.5) is 0 Å². The Labute approximate surface area is 110 Å². The van der Waals surface area contributed by atoms with Crippen molar-refractivity contribution in [3.8, 4) is 0 Å². The number of carbonyl (C=O) groups excluding carboxylic acids is 1. The smallest absolute Gasteiger partial charge is 0.303 e. The molecule has 0 unspecified atom stereocenters. The van der Waals surface area contributed by atoms with Crippen molar-refractivity contribution in [2.24, 2.45) is 16.7 Å². The van der Waals surface area contributed by atoms with Gasteiger partial charge in [-0.25, -0.2) is 0 Å². The summed E-state index contributed by atoms with van der Waals surface area (Å²) in [6.07, 6.45) is 0.251. The molecule has 0 bridgehead atoms. The van der Waals surface area contributed by atoms with Crippen LogP contribution in [-0.4, -0.2) is 23.5 Å². The summed E-state index contributed by atoms with van der Waals surface area (Å²) in [6.45, 7) is 12.7. The fourth-order valence-electron chi connectivity index (χ4n) is 1.50. The van der Waals surface area contributed by atoms with Crippen LogP contribution in [0.15, 0.2) is 0 Å². The maximum Gasteiger partial charge on any atom is 0.303 e. The molecule has 0 spiro atoms. The number of nitrogens with one attached hydrogen (secondary N) is 1. The molecular formula is C14H27NO3. The van der Waals surface area contributed by atoms with Crippen molar-refractivity contribution >= 4 is 11.9 Å². The Morgan fingerprint density at radius 2 is 1.61 bits per heavy atom. The van der Waals surface area contributed by atoms with Crippen molar-refractivity contribution in [3.05, 3.63) is 0 Å². The highest BCUT2D eigenvalue weighted by Gasteiger charge is 2.27. The predicted octanol–water partition coefficient (Wildman–Crippen LogP) is 2.68. The second-order valence-electron chi connectivity index (χ2n) is 6.83. The Morgan fingerprint density at radius 1 is 1.11 bits per heavy atom. The highest BCUT2D eigenvalue weighted by Crippen LogP contribution is 2.27. The first-order valence-corrected chi connectivity index (χ1v) is 6.45. The molecule has 1 amide bonds. The fraction of sp³-hybridized carbons (Fsp3) is 0.857. The zero-order valence-corrected chi connectivity index (χ0v) is 12.5. The summed E-state index contributed by atoms with van der Waals surface area (Å²) in [5.41, 5.74) is -0.454. The molecule has 0 radical (unpaired) electrons. The Morgan fingerprint density at radius 3 is 2.00 bits per heavy atom. The zero-order chi connectivity index (χ0) is 14.6. The van der Waals surface area contributed by atoms with E-state index in [1.807, 2.05) is 0 Å². The number of carboxylic acids is 1. The molecule has 0 saturated carbocycles. The lowest BCUT2D eigenvalue weighted by Gasteiger charge is -2.30. The molecule has 0 aromatic heterocycles. The molecule has 0 fully saturated rings. The predicted molar refractivity (Wildman–Crippen MR) is 72.3 cm³/mol. The summed E-state index contributed by atoms with van der Waals surface area (Å²) in [7, 11) is 0. The summed E-state index contributed by atoms with van der Waals surface area (Å²) in [6, 6.07) is 0. The second-order valence-corrected chi connectivity index (χ2v) is 6.83. The van der Waals surface area contributed by atoms with Crippen molar-refractivity contribution in [2.45, 2.75) is 54.4 Å². The van der Waals surface area contributed by atoms with Gasteiger partial charge in [0.05, 0.1) is 6.42 Å². The van der Waals surface area contributed by atoms with Crippen LogP contribution in [-0.2, 0) is 9.59 Å². The molecule has 106 valence electrons. The highest BCUT2D eigenvalue weighted by molar-refractivity contribution is 5.77. The van der Waals surface area contributed by atoms with Gasteiger partial charge in [0.1, 0.15) is 0 Å². The molecule has 0 aliphatic carbocycles. The quantitative estimate of drug-likeness (QED) is 0.737. The number of aliphatic carboxylic acids is 1. The topological polar surface area (TPSA) is 66.4 Å². The van der Waals surface area contributed by atoms with Gasteiger partial charge in [0.15, 0.2) is 0 Å². The Kier molecular flexibility index (Phi) is 5.84. The van der Waals surface area contributed by atoms with E-state index in [4.69, 9.17) is 5.11 Å². The van der Waals surface area contributed by atoms with Crippen molar-refractivity contribution in [2.75, 3.05) is 6.54 Å². The molecule has 2 N–H and O–H groups in total. The number of amides is 1. The van der Waals surface area contributed by atoms with Crippen LogP contribution < -0.4 is 5.32 Å². The summed E-state index contributed by atoms with van der Waals surface area (Å²) in [5.74, 6) is -0.463. The average molecular weight is 257 g/mol.